The number of hydrogen-bond donors (Lipinski definition) is 2. The summed E-state index contributed by atoms with van der Waals surface area (Å²) in [6, 6.07) is 7.74. The summed E-state index contributed by atoms with van der Waals surface area (Å²) in [5.74, 6) is 0.558. The highest BCUT2D eigenvalue weighted by Crippen LogP contribution is 2.26. The summed E-state index contributed by atoms with van der Waals surface area (Å²) in [5, 5.41) is 8.67. The molecule has 0 bridgehead atoms. The molecule has 1 amide bonds. The molecule has 3 rings (SSSR count). The second-order valence-electron chi connectivity index (χ2n) is 4.64. The van der Waals surface area contributed by atoms with Gasteiger partial charge in [0.25, 0.3) is 5.91 Å². The third-order valence-corrected chi connectivity index (χ3v) is 3.76. The first kappa shape index (κ1) is 12.9. The zero-order chi connectivity index (χ0) is 13.9. The Kier molecular flexibility index (Phi) is 3.56. The van der Waals surface area contributed by atoms with Gasteiger partial charge in [0.15, 0.2) is 5.13 Å². The standard InChI is InChI=1S/C14H15N3O2S/c1-19-11-6-4-9(5-7-11)15-13(18)12-8-20-14(17-12)16-10-2-3-10/h4-8,10H,2-3H2,1H3,(H,15,18)(H,16,17). The summed E-state index contributed by atoms with van der Waals surface area (Å²) in [6.07, 6.45) is 2.37. The van der Waals surface area contributed by atoms with Gasteiger partial charge in [-0.3, -0.25) is 4.79 Å². The largest absolute Gasteiger partial charge is 0.497 e. The number of rotatable bonds is 5. The Morgan fingerprint density at radius 3 is 2.75 bits per heavy atom. The number of methoxy groups -OCH3 is 1. The summed E-state index contributed by atoms with van der Waals surface area (Å²) >= 11 is 1.46. The lowest BCUT2D eigenvalue weighted by atomic mass is 10.3. The number of carbonyl (C=O) groups is 1. The lowest BCUT2D eigenvalue weighted by Gasteiger charge is -2.04. The molecule has 2 aromatic rings. The van der Waals surface area contributed by atoms with Crippen molar-refractivity contribution in [3.05, 3.63) is 35.3 Å². The summed E-state index contributed by atoms with van der Waals surface area (Å²) in [7, 11) is 1.61. The summed E-state index contributed by atoms with van der Waals surface area (Å²) < 4.78 is 5.07. The number of hydrogen-bond acceptors (Lipinski definition) is 5. The molecule has 1 aliphatic carbocycles. The molecule has 1 saturated carbocycles. The van der Waals surface area contributed by atoms with Gasteiger partial charge in [0.05, 0.1) is 7.11 Å². The van der Waals surface area contributed by atoms with Gasteiger partial charge in [-0.15, -0.1) is 11.3 Å². The number of ether oxygens (including phenoxy) is 1. The van der Waals surface area contributed by atoms with Gasteiger partial charge in [0, 0.05) is 17.1 Å². The molecule has 1 aromatic carbocycles. The van der Waals surface area contributed by atoms with Gasteiger partial charge in [-0.25, -0.2) is 4.98 Å². The van der Waals surface area contributed by atoms with Crippen molar-refractivity contribution in [2.24, 2.45) is 0 Å². The van der Waals surface area contributed by atoms with Crippen LogP contribution in [0.5, 0.6) is 5.75 Å². The molecule has 0 aliphatic heterocycles. The minimum Gasteiger partial charge on any atom is -0.497 e. The fourth-order valence-electron chi connectivity index (χ4n) is 1.72. The predicted molar refractivity (Wildman–Crippen MR) is 79.7 cm³/mol. The third kappa shape index (κ3) is 3.08. The Morgan fingerprint density at radius 1 is 1.35 bits per heavy atom. The van der Waals surface area contributed by atoms with Gasteiger partial charge in [-0.05, 0) is 37.1 Å². The number of carbonyl (C=O) groups excluding carboxylic acids is 1. The fraction of sp³-hybridized carbons (Fsp3) is 0.286. The molecule has 0 radical (unpaired) electrons. The van der Waals surface area contributed by atoms with Crippen molar-refractivity contribution in [1.29, 1.82) is 0 Å². The monoisotopic (exact) mass is 289 g/mol. The first-order valence-corrected chi connectivity index (χ1v) is 7.30. The van der Waals surface area contributed by atoms with E-state index in [1.54, 1.807) is 36.8 Å². The summed E-state index contributed by atoms with van der Waals surface area (Å²) in [6.45, 7) is 0. The molecule has 5 nitrogen and oxygen atoms in total. The van der Waals surface area contributed by atoms with Gasteiger partial charge >= 0.3 is 0 Å². The lowest BCUT2D eigenvalue weighted by Crippen LogP contribution is -2.12. The SMILES string of the molecule is COc1ccc(NC(=O)c2csc(NC3CC3)n2)cc1. The molecule has 2 N–H and O–H groups in total. The van der Waals surface area contributed by atoms with Crippen LogP contribution in [-0.4, -0.2) is 24.0 Å². The highest BCUT2D eigenvalue weighted by atomic mass is 32.1. The van der Waals surface area contributed by atoms with E-state index in [0.29, 0.717) is 11.7 Å². The molecular weight excluding hydrogens is 274 g/mol. The van der Waals surface area contributed by atoms with Crippen LogP contribution in [-0.2, 0) is 0 Å². The number of nitrogens with one attached hydrogen (secondary N) is 2. The molecule has 20 heavy (non-hydrogen) atoms. The van der Waals surface area contributed by atoms with E-state index in [1.807, 2.05) is 0 Å². The summed E-state index contributed by atoms with van der Waals surface area (Å²) in [4.78, 5) is 16.3. The molecule has 0 atom stereocenters. The van der Waals surface area contributed by atoms with E-state index in [2.05, 4.69) is 15.6 Å². The van der Waals surface area contributed by atoms with Gasteiger partial charge in [0.1, 0.15) is 11.4 Å². The van der Waals surface area contributed by atoms with Crippen molar-refractivity contribution in [2.45, 2.75) is 18.9 Å². The van der Waals surface area contributed by atoms with E-state index >= 15 is 0 Å². The van der Waals surface area contributed by atoms with Crippen molar-refractivity contribution in [2.75, 3.05) is 17.7 Å². The maximum absolute atomic E-state index is 12.1. The van der Waals surface area contributed by atoms with Crippen LogP contribution in [0.3, 0.4) is 0 Å². The minimum atomic E-state index is -0.199. The number of anilines is 2. The highest BCUT2D eigenvalue weighted by molar-refractivity contribution is 7.13. The second-order valence-corrected chi connectivity index (χ2v) is 5.50. The zero-order valence-corrected chi connectivity index (χ0v) is 11.9. The highest BCUT2D eigenvalue weighted by Gasteiger charge is 2.22. The van der Waals surface area contributed by atoms with Gasteiger partial charge in [0.2, 0.25) is 0 Å². The van der Waals surface area contributed by atoms with Crippen molar-refractivity contribution < 1.29 is 9.53 Å². The van der Waals surface area contributed by atoms with E-state index in [9.17, 15) is 4.79 Å². The maximum atomic E-state index is 12.1. The molecule has 104 valence electrons. The molecule has 0 unspecified atom stereocenters. The van der Waals surface area contributed by atoms with Crippen molar-refractivity contribution >= 4 is 28.1 Å². The third-order valence-electron chi connectivity index (χ3n) is 2.99. The van der Waals surface area contributed by atoms with Crippen LogP contribution < -0.4 is 15.4 Å². The molecule has 6 heteroatoms. The Labute approximate surface area is 121 Å². The first-order chi connectivity index (χ1) is 9.74. The van der Waals surface area contributed by atoms with Crippen molar-refractivity contribution in [1.82, 2.24) is 4.98 Å². The van der Waals surface area contributed by atoms with E-state index in [0.717, 1.165) is 16.6 Å². The molecule has 1 aliphatic rings. The molecule has 1 heterocycles. The average molecular weight is 289 g/mol. The Bertz CT molecular complexity index is 605. The average Bonchev–Trinajstić information content (AvgIpc) is 3.15. The maximum Gasteiger partial charge on any atom is 0.275 e. The lowest BCUT2D eigenvalue weighted by molar-refractivity contribution is 0.102. The number of amides is 1. The normalized spacial score (nSPS) is 13.8. The van der Waals surface area contributed by atoms with Crippen LogP contribution in [0.4, 0.5) is 10.8 Å². The molecule has 0 spiro atoms. The number of benzene rings is 1. The molecular formula is C14H15N3O2S. The van der Waals surface area contributed by atoms with E-state index < -0.39 is 0 Å². The summed E-state index contributed by atoms with van der Waals surface area (Å²) in [5.41, 5.74) is 1.16. The number of thiazole rings is 1. The fourth-order valence-corrected chi connectivity index (χ4v) is 2.48. The van der Waals surface area contributed by atoms with E-state index in [4.69, 9.17) is 4.74 Å². The first-order valence-electron chi connectivity index (χ1n) is 6.42. The van der Waals surface area contributed by atoms with Gasteiger partial charge in [-0.2, -0.15) is 0 Å². The molecule has 1 aromatic heterocycles. The topological polar surface area (TPSA) is 63.2 Å². The van der Waals surface area contributed by atoms with Crippen LogP contribution in [0, 0.1) is 0 Å². The van der Waals surface area contributed by atoms with Crippen LogP contribution in [0.15, 0.2) is 29.6 Å². The minimum absolute atomic E-state index is 0.199. The zero-order valence-electron chi connectivity index (χ0n) is 11.1. The molecule has 1 fully saturated rings. The van der Waals surface area contributed by atoms with Gasteiger partial charge < -0.3 is 15.4 Å². The predicted octanol–water partition coefficient (Wildman–Crippen LogP) is 2.98. The Morgan fingerprint density at radius 2 is 2.10 bits per heavy atom. The van der Waals surface area contributed by atoms with Crippen LogP contribution in [0.25, 0.3) is 0 Å². The van der Waals surface area contributed by atoms with Crippen molar-refractivity contribution in [3.63, 3.8) is 0 Å². The number of aromatic nitrogens is 1. The van der Waals surface area contributed by atoms with Crippen LogP contribution in [0.2, 0.25) is 0 Å². The van der Waals surface area contributed by atoms with Crippen molar-refractivity contribution in [3.8, 4) is 5.75 Å². The van der Waals surface area contributed by atoms with Crippen LogP contribution in [0.1, 0.15) is 23.3 Å². The smallest absolute Gasteiger partial charge is 0.275 e. The quantitative estimate of drug-likeness (QED) is 0.888. The van der Waals surface area contributed by atoms with Gasteiger partial charge in [-0.1, -0.05) is 0 Å². The Hall–Kier alpha value is -2.08. The Balaban J connectivity index is 1.63. The number of nitrogens with zero attached hydrogens (tertiary/aromatic N) is 1. The van der Waals surface area contributed by atoms with E-state index in [1.165, 1.54) is 24.2 Å². The second kappa shape index (κ2) is 5.50. The van der Waals surface area contributed by atoms with Crippen LogP contribution >= 0.6 is 11.3 Å². The molecule has 0 saturated heterocycles. The van der Waals surface area contributed by atoms with E-state index in [-0.39, 0.29) is 5.91 Å².